The van der Waals surface area contributed by atoms with Crippen LogP contribution in [0.1, 0.15) is 215 Å². The lowest BCUT2D eigenvalue weighted by atomic mass is 9.47. The molecule has 4 rings (SSSR count). The van der Waals surface area contributed by atoms with Gasteiger partial charge in [0.15, 0.2) is 0 Å². The van der Waals surface area contributed by atoms with E-state index in [0.29, 0.717) is 50.9 Å². The number of nitrogens with one attached hydrogen (secondary N) is 2. The van der Waals surface area contributed by atoms with E-state index in [4.69, 9.17) is 10.5 Å². The first-order chi connectivity index (χ1) is 28.9. The van der Waals surface area contributed by atoms with E-state index >= 15 is 0 Å². The lowest BCUT2D eigenvalue weighted by Crippen LogP contribution is -2.51. The van der Waals surface area contributed by atoms with Crippen molar-refractivity contribution in [1.29, 1.82) is 0 Å². The van der Waals surface area contributed by atoms with E-state index in [2.05, 4.69) is 58.3 Å². The Labute approximate surface area is 368 Å². The summed E-state index contributed by atoms with van der Waals surface area (Å²) < 4.78 is 6.05. The Balaban J connectivity index is 1.16. The minimum absolute atomic E-state index is 0.0184. The van der Waals surface area contributed by atoms with Gasteiger partial charge in [0, 0.05) is 32.5 Å². The second kappa shape index (κ2) is 26.5. The number of hydrogen-bond donors (Lipinski definition) is 3. The Hall–Kier alpha value is -2.09. The fourth-order valence-corrected chi connectivity index (χ4v) is 12.7. The fraction of sp³-hybridized carbons (Fsp3) is 0.904. The summed E-state index contributed by atoms with van der Waals surface area (Å²) in [6.45, 7) is 16.7. The molecule has 8 atom stereocenters. The Kier molecular flexibility index (Phi) is 22.3. The minimum Gasteiger partial charge on any atom is -0.446 e. The van der Waals surface area contributed by atoms with Crippen molar-refractivity contribution in [3.05, 3.63) is 11.6 Å². The first kappa shape index (κ1) is 50.6. The number of rotatable bonds is 29. The number of alkyl carbamates (subject to hydrolysis) is 1. The van der Waals surface area contributed by atoms with Crippen molar-refractivity contribution in [2.45, 2.75) is 221 Å². The van der Waals surface area contributed by atoms with Gasteiger partial charge in [-0.2, -0.15) is 0 Å². The summed E-state index contributed by atoms with van der Waals surface area (Å²) in [4.78, 5) is 40.7. The second-order valence-corrected chi connectivity index (χ2v) is 21.1. The first-order valence-corrected chi connectivity index (χ1v) is 25.8. The van der Waals surface area contributed by atoms with Crippen molar-refractivity contribution in [3.63, 3.8) is 0 Å². The normalized spacial score (nSPS) is 27.7. The van der Waals surface area contributed by atoms with E-state index in [-0.39, 0.29) is 36.0 Å². The van der Waals surface area contributed by atoms with Crippen LogP contribution in [0.25, 0.3) is 0 Å². The van der Waals surface area contributed by atoms with Gasteiger partial charge in [0.2, 0.25) is 11.8 Å². The Morgan fingerprint density at radius 1 is 0.783 bits per heavy atom. The van der Waals surface area contributed by atoms with Gasteiger partial charge in [0.05, 0.1) is 6.54 Å². The zero-order chi connectivity index (χ0) is 43.4. The van der Waals surface area contributed by atoms with E-state index in [0.717, 1.165) is 74.0 Å². The summed E-state index contributed by atoms with van der Waals surface area (Å²) in [6, 6.07) is 0. The summed E-state index contributed by atoms with van der Waals surface area (Å²) in [5, 5.41) is 5.87. The Bertz CT molecular complexity index is 1300. The highest BCUT2D eigenvalue weighted by Gasteiger charge is 2.59. The summed E-state index contributed by atoms with van der Waals surface area (Å²) in [7, 11) is 0. The quantitative estimate of drug-likeness (QED) is 0.0513. The molecular weight excluding hydrogens is 745 g/mol. The van der Waals surface area contributed by atoms with Gasteiger partial charge in [-0.3, -0.25) is 9.59 Å². The summed E-state index contributed by atoms with van der Waals surface area (Å²) >= 11 is 0. The Morgan fingerprint density at radius 3 is 2.12 bits per heavy atom. The molecule has 0 bridgehead atoms. The molecule has 0 radical (unpaired) electrons. The minimum atomic E-state index is -0.366. The molecule has 3 amide bonds. The van der Waals surface area contributed by atoms with Gasteiger partial charge in [-0.25, -0.2) is 4.79 Å². The van der Waals surface area contributed by atoms with E-state index in [1.165, 1.54) is 121 Å². The van der Waals surface area contributed by atoms with Crippen LogP contribution in [0.15, 0.2) is 11.6 Å². The van der Waals surface area contributed by atoms with Crippen molar-refractivity contribution >= 4 is 17.9 Å². The third-order valence-electron chi connectivity index (χ3n) is 16.3. The van der Waals surface area contributed by atoms with Crippen molar-refractivity contribution in [2.75, 3.05) is 32.7 Å². The average molecular weight is 839 g/mol. The summed E-state index contributed by atoms with van der Waals surface area (Å²) in [6.07, 6.45) is 34.0. The van der Waals surface area contributed by atoms with Crippen LogP contribution in [0.3, 0.4) is 0 Å². The van der Waals surface area contributed by atoms with Gasteiger partial charge in [-0.15, -0.1) is 0 Å². The maximum Gasteiger partial charge on any atom is 0.407 e. The maximum atomic E-state index is 13.3. The number of fused-ring (bicyclic) bond motifs is 5. The van der Waals surface area contributed by atoms with Crippen molar-refractivity contribution in [2.24, 2.45) is 52.1 Å². The Morgan fingerprint density at radius 2 is 1.45 bits per heavy atom. The van der Waals surface area contributed by atoms with Crippen LogP contribution in [0.5, 0.6) is 0 Å². The SMILES string of the molecule is CCCCCCCCCCCCCCCC(=O)N(CCCNC(=O)O[C@H]1CC[C@@]2(C)C(=CC[C@H]3[C@@H]4CC[C@H]([C@H](C)CCCC(C)C)[C@@]4(C)CC[C@@H]32)C1)CC(=O)NCCCN. The van der Waals surface area contributed by atoms with Gasteiger partial charge in [-0.1, -0.05) is 150 Å². The van der Waals surface area contributed by atoms with E-state index in [1.54, 1.807) is 4.90 Å². The molecule has 0 aliphatic heterocycles. The second-order valence-electron chi connectivity index (χ2n) is 21.1. The molecule has 3 fully saturated rings. The molecule has 0 unspecified atom stereocenters. The highest BCUT2D eigenvalue weighted by molar-refractivity contribution is 5.84. The van der Waals surface area contributed by atoms with Crippen LogP contribution in [-0.2, 0) is 14.3 Å². The lowest BCUT2D eigenvalue weighted by molar-refractivity contribution is -0.136. The molecule has 60 heavy (non-hydrogen) atoms. The molecule has 0 aromatic carbocycles. The number of carbonyl (C=O) groups excluding carboxylic acids is 3. The molecule has 0 spiro atoms. The number of unbranched alkanes of at least 4 members (excludes halogenated alkanes) is 12. The maximum absolute atomic E-state index is 13.3. The molecule has 0 heterocycles. The van der Waals surface area contributed by atoms with Crippen molar-refractivity contribution in [3.8, 4) is 0 Å². The van der Waals surface area contributed by atoms with Gasteiger partial charge in [0.1, 0.15) is 6.10 Å². The number of hydrogen-bond acceptors (Lipinski definition) is 5. The largest absolute Gasteiger partial charge is 0.446 e. The van der Waals surface area contributed by atoms with Crippen LogP contribution < -0.4 is 16.4 Å². The number of nitrogens with two attached hydrogens (primary N) is 1. The fourth-order valence-electron chi connectivity index (χ4n) is 12.7. The van der Waals surface area contributed by atoms with E-state index < -0.39 is 0 Å². The molecule has 346 valence electrons. The van der Waals surface area contributed by atoms with Crippen molar-refractivity contribution in [1.82, 2.24) is 15.5 Å². The van der Waals surface area contributed by atoms with Gasteiger partial charge < -0.3 is 26.0 Å². The predicted molar refractivity (Wildman–Crippen MR) is 250 cm³/mol. The third-order valence-corrected chi connectivity index (χ3v) is 16.3. The molecule has 4 aliphatic carbocycles. The number of allylic oxidation sites excluding steroid dienone is 1. The van der Waals surface area contributed by atoms with Gasteiger partial charge >= 0.3 is 6.09 Å². The topological polar surface area (TPSA) is 114 Å². The molecule has 4 aliphatic rings. The van der Waals surface area contributed by atoms with Crippen LogP contribution in [-0.4, -0.2) is 61.6 Å². The van der Waals surface area contributed by atoms with E-state index in [9.17, 15) is 14.4 Å². The van der Waals surface area contributed by atoms with Crippen LogP contribution in [0.4, 0.5) is 4.79 Å². The average Bonchev–Trinajstić information content (AvgIpc) is 3.58. The van der Waals surface area contributed by atoms with Crippen LogP contribution >= 0.6 is 0 Å². The zero-order valence-corrected chi connectivity index (χ0v) is 39.9. The monoisotopic (exact) mass is 839 g/mol. The summed E-state index contributed by atoms with van der Waals surface area (Å²) in [5.74, 6) is 4.77. The number of nitrogens with zero attached hydrogens (tertiary/aromatic N) is 1. The molecule has 8 nitrogen and oxygen atoms in total. The molecule has 3 saturated carbocycles. The highest BCUT2D eigenvalue weighted by Crippen LogP contribution is 2.67. The van der Waals surface area contributed by atoms with E-state index in [1.807, 2.05) is 0 Å². The third kappa shape index (κ3) is 15.3. The number of carbonyl (C=O) groups is 3. The zero-order valence-electron chi connectivity index (χ0n) is 39.9. The number of amides is 3. The van der Waals surface area contributed by atoms with Crippen LogP contribution in [0, 0.1) is 46.3 Å². The highest BCUT2D eigenvalue weighted by atomic mass is 16.6. The predicted octanol–water partition coefficient (Wildman–Crippen LogP) is 12.3. The number of ether oxygens (including phenoxy) is 1. The molecule has 8 heteroatoms. The van der Waals surface area contributed by atoms with Gasteiger partial charge in [0.25, 0.3) is 0 Å². The van der Waals surface area contributed by atoms with Crippen molar-refractivity contribution < 1.29 is 19.1 Å². The smallest absolute Gasteiger partial charge is 0.407 e. The first-order valence-electron chi connectivity index (χ1n) is 25.8. The lowest BCUT2D eigenvalue weighted by Gasteiger charge is -2.58. The molecular formula is C52H94N4O4. The molecule has 4 N–H and O–H groups in total. The van der Waals surface area contributed by atoms with Gasteiger partial charge in [-0.05, 0) is 117 Å². The summed E-state index contributed by atoms with van der Waals surface area (Å²) in [5.41, 5.74) is 7.86. The van der Waals surface area contributed by atoms with Crippen LogP contribution in [0.2, 0.25) is 0 Å². The molecule has 0 aromatic rings. The standard InChI is InChI=1S/C52H94N4O4/c1-7-8-9-10-11-12-13-14-15-16-17-18-19-25-49(58)56(39-48(57)54-35-21-34-53)37-22-36-55-50(59)60-43-30-32-51(5)42(38-43)26-27-44-46-29-28-45(41(4)24-20-23-40(2)3)52(46,6)33-31-47(44)51/h26,40-41,43-47H,7-25,27-39,53H2,1-6H3,(H,54,57)(H,55,59)/t41-,43+,44+,45-,46+,47+,51+,52-/m1/s1. The molecule has 0 saturated heterocycles. The molecule has 0 aromatic heterocycles.